The molecule has 0 saturated carbocycles. The summed E-state index contributed by atoms with van der Waals surface area (Å²) in [7, 11) is 0. The van der Waals surface area contributed by atoms with Crippen LogP contribution in [0.1, 0.15) is 28.9 Å². The predicted molar refractivity (Wildman–Crippen MR) is 86.8 cm³/mol. The number of carbonyl (C=O) groups excluding carboxylic acids is 1. The first-order chi connectivity index (χ1) is 10.6. The number of nitrogens with zero attached hydrogens (tertiary/aromatic N) is 2. The van der Waals surface area contributed by atoms with Crippen molar-refractivity contribution in [3.05, 3.63) is 62.7 Å². The second-order valence-electron chi connectivity index (χ2n) is 5.40. The SMILES string of the molecule is O=C(c1ccc(Br)c(=O)[nH]1)N1CCCC1Cc1ccncc1. The molecular weight excluding hydrogens is 346 g/mol. The quantitative estimate of drug-likeness (QED) is 0.912. The number of aromatic amines is 1. The molecule has 2 aromatic heterocycles. The van der Waals surface area contributed by atoms with Gasteiger partial charge in [-0.1, -0.05) is 0 Å². The predicted octanol–water partition coefficient (Wildman–Crippen LogP) is 2.38. The van der Waals surface area contributed by atoms with Crippen molar-refractivity contribution in [3.8, 4) is 0 Å². The minimum absolute atomic E-state index is 0.110. The number of nitrogens with one attached hydrogen (secondary N) is 1. The average molecular weight is 362 g/mol. The van der Waals surface area contributed by atoms with Gasteiger partial charge in [0.05, 0.1) is 4.47 Å². The van der Waals surface area contributed by atoms with Gasteiger partial charge in [-0.15, -0.1) is 0 Å². The molecule has 1 amide bonds. The van der Waals surface area contributed by atoms with Crippen LogP contribution in [0.25, 0.3) is 0 Å². The Bertz CT molecular complexity index is 730. The first-order valence-electron chi connectivity index (χ1n) is 7.24. The molecule has 0 spiro atoms. The van der Waals surface area contributed by atoms with E-state index in [0.717, 1.165) is 25.8 Å². The van der Waals surface area contributed by atoms with Crippen LogP contribution in [0, 0.1) is 0 Å². The Morgan fingerprint density at radius 3 is 2.82 bits per heavy atom. The number of likely N-dealkylation sites (tertiary alicyclic amines) is 1. The normalized spacial score (nSPS) is 17.7. The second kappa shape index (κ2) is 6.44. The summed E-state index contributed by atoms with van der Waals surface area (Å²) < 4.78 is 0.429. The van der Waals surface area contributed by atoms with Gasteiger partial charge in [0.2, 0.25) is 0 Å². The van der Waals surface area contributed by atoms with Gasteiger partial charge in [0.25, 0.3) is 11.5 Å². The summed E-state index contributed by atoms with van der Waals surface area (Å²) in [4.78, 5) is 32.8. The second-order valence-corrected chi connectivity index (χ2v) is 6.26. The highest BCUT2D eigenvalue weighted by Gasteiger charge is 2.29. The maximum atomic E-state index is 12.6. The van der Waals surface area contributed by atoms with Crippen LogP contribution in [0.15, 0.2) is 45.9 Å². The molecule has 3 heterocycles. The summed E-state index contributed by atoms with van der Waals surface area (Å²) in [5.41, 5.74) is 1.23. The lowest BCUT2D eigenvalue weighted by molar-refractivity contribution is 0.0730. The molecule has 1 saturated heterocycles. The molecule has 1 aliphatic heterocycles. The third kappa shape index (κ3) is 3.11. The van der Waals surface area contributed by atoms with Crippen LogP contribution >= 0.6 is 15.9 Å². The Morgan fingerprint density at radius 1 is 1.32 bits per heavy atom. The van der Waals surface area contributed by atoms with E-state index >= 15 is 0 Å². The number of rotatable bonds is 3. The zero-order chi connectivity index (χ0) is 15.5. The van der Waals surface area contributed by atoms with E-state index < -0.39 is 0 Å². The van der Waals surface area contributed by atoms with Crippen LogP contribution < -0.4 is 5.56 Å². The molecule has 1 N–H and O–H groups in total. The van der Waals surface area contributed by atoms with Crippen molar-refractivity contribution in [1.29, 1.82) is 0 Å². The van der Waals surface area contributed by atoms with Gasteiger partial charge in [0, 0.05) is 25.0 Å². The molecular formula is C16H16BrN3O2. The zero-order valence-electron chi connectivity index (χ0n) is 12.0. The van der Waals surface area contributed by atoms with Crippen LogP contribution in [0.5, 0.6) is 0 Å². The molecule has 5 nitrogen and oxygen atoms in total. The van der Waals surface area contributed by atoms with Gasteiger partial charge in [0.1, 0.15) is 5.69 Å². The number of halogens is 1. The van der Waals surface area contributed by atoms with Crippen molar-refractivity contribution < 1.29 is 4.79 Å². The number of amides is 1. The first-order valence-corrected chi connectivity index (χ1v) is 8.03. The fraction of sp³-hybridized carbons (Fsp3) is 0.312. The molecule has 0 aromatic carbocycles. The highest BCUT2D eigenvalue weighted by Crippen LogP contribution is 2.22. The van der Waals surface area contributed by atoms with Crippen LogP contribution in [0.4, 0.5) is 0 Å². The fourth-order valence-electron chi connectivity index (χ4n) is 2.84. The Labute approximate surface area is 136 Å². The Morgan fingerprint density at radius 2 is 2.09 bits per heavy atom. The van der Waals surface area contributed by atoms with Gasteiger partial charge < -0.3 is 9.88 Å². The minimum atomic E-state index is -0.282. The van der Waals surface area contributed by atoms with E-state index in [-0.39, 0.29) is 17.5 Å². The summed E-state index contributed by atoms with van der Waals surface area (Å²) in [5.74, 6) is -0.110. The number of aromatic nitrogens is 2. The van der Waals surface area contributed by atoms with Crippen LogP contribution in [-0.4, -0.2) is 33.4 Å². The van der Waals surface area contributed by atoms with Gasteiger partial charge in [-0.25, -0.2) is 0 Å². The maximum absolute atomic E-state index is 12.6. The van der Waals surface area contributed by atoms with Gasteiger partial charge in [-0.2, -0.15) is 0 Å². The van der Waals surface area contributed by atoms with Gasteiger partial charge >= 0.3 is 0 Å². The van der Waals surface area contributed by atoms with Crippen molar-refractivity contribution in [1.82, 2.24) is 14.9 Å². The number of hydrogen-bond acceptors (Lipinski definition) is 3. The summed E-state index contributed by atoms with van der Waals surface area (Å²) in [6.45, 7) is 0.729. The largest absolute Gasteiger partial charge is 0.334 e. The summed E-state index contributed by atoms with van der Waals surface area (Å²) in [6.07, 6.45) is 6.32. The lowest BCUT2D eigenvalue weighted by atomic mass is 10.0. The first kappa shape index (κ1) is 15.0. The van der Waals surface area contributed by atoms with Crippen molar-refractivity contribution in [2.24, 2.45) is 0 Å². The van der Waals surface area contributed by atoms with Gasteiger partial charge in [-0.3, -0.25) is 14.6 Å². The summed E-state index contributed by atoms with van der Waals surface area (Å²) in [5, 5.41) is 0. The van der Waals surface area contributed by atoms with E-state index in [1.54, 1.807) is 24.5 Å². The third-order valence-corrected chi connectivity index (χ3v) is 4.57. The molecule has 2 aromatic rings. The lowest BCUT2D eigenvalue weighted by Crippen LogP contribution is -2.37. The van der Waals surface area contributed by atoms with Gasteiger partial charge in [0.15, 0.2) is 0 Å². The highest BCUT2D eigenvalue weighted by atomic mass is 79.9. The zero-order valence-corrected chi connectivity index (χ0v) is 13.5. The molecule has 3 rings (SSSR count). The van der Waals surface area contributed by atoms with E-state index in [4.69, 9.17) is 0 Å². The van der Waals surface area contributed by atoms with Crippen molar-refractivity contribution in [2.75, 3.05) is 6.54 Å². The Hall–Kier alpha value is -1.95. The fourth-order valence-corrected chi connectivity index (χ4v) is 3.07. The molecule has 1 unspecified atom stereocenters. The molecule has 1 atom stereocenters. The Kier molecular flexibility index (Phi) is 4.38. The molecule has 6 heteroatoms. The lowest BCUT2D eigenvalue weighted by Gasteiger charge is -2.24. The molecule has 1 aliphatic rings. The molecule has 114 valence electrons. The van der Waals surface area contributed by atoms with Crippen LogP contribution in [0.3, 0.4) is 0 Å². The standard InChI is InChI=1S/C16H16BrN3O2/c17-13-3-4-14(19-15(13)21)16(22)20-9-1-2-12(20)10-11-5-7-18-8-6-11/h3-8,12H,1-2,9-10H2,(H,19,21). The number of H-pyrrole nitrogens is 1. The number of hydrogen-bond donors (Lipinski definition) is 1. The van der Waals surface area contributed by atoms with E-state index in [0.29, 0.717) is 10.2 Å². The van der Waals surface area contributed by atoms with Crippen molar-refractivity contribution >= 4 is 21.8 Å². The minimum Gasteiger partial charge on any atom is -0.334 e. The summed E-state index contributed by atoms with van der Waals surface area (Å²) in [6, 6.07) is 7.38. The van der Waals surface area contributed by atoms with E-state index in [1.807, 2.05) is 17.0 Å². The van der Waals surface area contributed by atoms with Crippen molar-refractivity contribution in [3.63, 3.8) is 0 Å². The molecule has 22 heavy (non-hydrogen) atoms. The van der Waals surface area contributed by atoms with E-state index in [1.165, 1.54) is 5.56 Å². The van der Waals surface area contributed by atoms with Crippen molar-refractivity contribution in [2.45, 2.75) is 25.3 Å². The average Bonchev–Trinajstić information content (AvgIpc) is 2.98. The third-order valence-electron chi connectivity index (χ3n) is 3.95. The highest BCUT2D eigenvalue weighted by molar-refractivity contribution is 9.10. The van der Waals surface area contributed by atoms with Crippen LogP contribution in [-0.2, 0) is 6.42 Å². The summed E-state index contributed by atoms with van der Waals surface area (Å²) >= 11 is 3.14. The Balaban J connectivity index is 1.78. The molecule has 0 radical (unpaired) electrons. The monoisotopic (exact) mass is 361 g/mol. The molecule has 0 bridgehead atoms. The maximum Gasteiger partial charge on any atom is 0.270 e. The number of pyridine rings is 2. The molecule has 1 fully saturated rings. The smallest absolute Gasteiger partial charge is 0.270 e. The van der Waals surface area contributed by atoms with E-state index in [2.05, 4.69) is 25.9 Å². The molecule has 0 aliphatic carbocycles. The van der Waals surface area contributed by atoms with Crippen LogP contribution in [0.2, 0.25) is 0 Å². The van der Waals surface area contributed by atoms with Gasteiger partial charge in [-0.05, 0) is 65.0 Å². The number of carbonyl (C=O) groups is 1. The topological polar surface area (TPSA) is 66.1 Å². The van der Waals surface area contributed by atoms with E-state index in [9.17, 15) is 9.59 Å².